The zero-order valence-electron chi connectivity index (χ0n) is 6.76. The molecule has 13 heavy (non-hydrogen) atoms. The molecule has 0 saturated heterocycles. The molecular formula is C9H8BrClO2. The zero-order chi connectivity index (χ0) is 9.84. The normalized spacial score (nSPS) is 10.0. The van der Waals surface area contributed by atoms with Crippen LogP contribution in [0.2, 0.25) is 5.02 Å². The van der Waals surface area contributed by atoms with Gasteiger partial charge in [0, 0.05) is 15.9 Å². The summed E-state index contributed by atoms with van der Waals surface area (Å²) in [7, 11) is 0. The molecule has 1 rings (SSSR count). The van der Waals surface area contributed by atoms with Crippen molar-refractivity contribution in [3.05, 3.63) is 33.3 Å². The van der Waals surface area contributed by atoms with Gasteiger partial charge in [0.2, 0.25) is 0 Å². The van der Waals surface area contributed by atoms with Crippen molar-refractivity contribution in [1.82, 2.24) is 0 Å². The van der Waals surface area contributed by atoms with Crippen LogP contribution in [-0.2, 0) is 11.2 Å². The van der Waals surface area contributed by atoms with Crippen LogP contribution in [0.1, 0.15) is 12.0 Å². The Morgan fingerprint density at radius 2 is 2.23 bits per heavy atom. The molecule has 4 heteroatoms. The Labute approximate surface area is 89.7 Å². The smallest absolute Gasteiger partial charge is 0.303 e. The molecule has 0 unspecified atom stereocenters. The summed E-state index contributed by atoms with van der Waals surface area (Å²) >= 11 is 9.09. The first-order valence-corrected chi connectivity index (χ1v) is 4.92. The number of benzene rings is 1. The van der Waals surface area contributed by atoms with Crippen molar-refractivity contribution >= 4 is 33.5 Å². The van der Waals surface area contributed by atoms with Gasteiger partial charge in [-0.2, -0.15) is 0 Å². The molecule has 1 aromatic carbocycles. The molecule has 0 saturated carbocycles. The van der Waals surface area contributed by atoms with E-state index in [-0.39, 0.29) is 6.42 Å². The molecular weight excluding hydrogens is 255 g/mol. The molecule has 0 aliphatic carbocycles. The van der Waals surface area contributed by atoms with Crippen LogP contribution >= 0.6 is 27.5 Å². The lowest BCUT2D eigenvalue weighted by atomic mass is 10.1. The highest BCUT2D eigenvalue weighted by atomic mass is 79.9. The summed E-state index contributed by atoms with van der Waals surface area (Å²) in [4.78, 5) is 10.3. The quantitative estimate of drug-likeness (QED) is 0.910. The lowest BCUT2D eigenvalue weighted by Crippen LogP contribution is -1.97. The fraction of sp³-hybridized carbons (Fsp3) is 0.222. The molecule has 0 atom stereocenters. The molecule has 0 aliphatic rings. The Kier molecular flexibility index (Phi) is 3.75. The predicted molar refractivity (Wildman–Crippen MR) is 55.1 cm³/mol. The number of aliphatic carboxylic acids is 1. The van der Waals surface area contributed by atoms with Gasteiger partial charge in [-0.15, -0.1) is 0 Å². The first-order chi connectivity index (χ1) is 6.09. The van der Waals surface area contributed by atoms with Gasteiger partial charge in [0.05, 0.1) is 0 Å². The number of aryl methyl sites for hydroxylation is 1. The van der Waals surface area contributed by atoms with Crippen LogP contribution in [0.3, 0.4) is 0 Å². The summed E-state index contributed by atoms with van der Waals surface area (Å²) in [5, 5.41) is 9.12. The third kappa shape index (κ3) is 3.36. The SMILES string of the molecule is O=C(O)CCc1cc(Cl)ccc1Br. The van der Waals surface area contributed by atoms with Gasteiger partial charge in [-0.05, 0) is 30.2 Å². The average molecular weight is 264 g/mol. The highest BCUT2D eigenvalue weighted by Gasteiger charge is 2.03. The molecule has 0 fully saturated rings. The molecule has 1 aromatic rings. The van der Waals surface area contributed by atoms with E-state index >= 15 is 0 Å². The Balaban J connectivity index is 2.75. The Morgan fingerprint density at radius 1 is 1.54 bits per heavy atom. The molecule has 0 aliphatic heterocycles. The van der Waals surface area contributed by atoms with Gasteiger partial charge in [0.15, 0.2) is 0 Å². The fourth-order valence-corrected chi connectivity index (χ4v) is 1.62. The van der Waals surface area contributed by atoms with Crippen molar-refractivity contribution in [3.8, 4) is 0 Å². The molecule has 70 valence electrons. The summed E-state index contributed by atoms with van der Waals surface area (Å²) in [5.41, 5.74) is 0.926. The monoisotopic (exact) mass is 262 g/mol. The van der Waals surface area contributed by atoms with E-state index in [0.717, 1.165) is 10.0 Å². The minimum absolute atomic E-state index is 0.124. The van der Waals surface area contributed by atoms with Gasteiger partial charge < -0.3 is 5.11 Å². The van der Waals surface area contributed by atoms with Crippen LogP contribution < -0.4 is 0 Å². The molecule has 0 bridgehead atoms. The van der Waals surface area contributed by atoms with Crippen LogP contribution in [0.5, 0.6) is 0 Å². The molecule has 0 aromatic heterocycles. The maximum atomic E-state index is 10.3. The number of halogens is 2. The molecule has 0 heterocycles. The average Bonchev–Trinajstić information content (AvgIpc) is 2.06. The maximum absolute atomic E-state index is 10.3. The molecule has 1 N–H and O–H groups in total. The molecule has 0 amide bonds. The summed E-state index contributed by atoms with van der Waals surface area (Å²) in [6.07, 6.45) is 0.620. The van der Waals surface area contributed by atoms with Gasteiger partial charge in [-0.3, -0.25) is 4.79 Å². The van der Waals surface area contributed by atoms with E-state index in [0.29, 0.717) is 11.4 Å². The highest BCUT2D eigenvalue weighted by molar-refractivity contribution is 9.10. The lowest BCUT2D eigenvalue weighted by molar-refractivity contribution is -0.136. The van der Waals surface area contributed by atoms with E-state index < -0.39 is 5.97 Å². The molecule has 0 spiro atoms. The van der Waals surface area contributed by atoms with Crippen LogP contribution in [0.25, 0.3) is 0 Å². The maximum Gasteiger partial charge on any atom is 0.303 e. The van der Waals surface area contributed by atoms with Gasteiger partial charge in [-0.1, -0.05) is 27.5 Å². The second-order valence-electron chi connectivity index (χ2n) is 2.63. The van der Waals surface area contributed by atoms with Crippen molar-refractivity contribution in [2.75, 3.05) is 0 Å². The highest BCUT2D eigenvalue weighted by Crippen LogP contribution is 2.22. The Morgan fingerprint density at radius 3 is 2.85 bits per heavy atom. The van der Waals surface area contributed by atoms with Gasteiger partial charge in [0.25, 0.3) is 0 Å². The second kappa shape index (κ2) is 4.63. The van der Waals surface area contributed by atoms with E-state index in [2.05, 4.69) is 15.9 Å². The molecule has 2 nitrogen and oxygen atoms in total. The first kappa shape index (κ1) is 10.5. The minimum Gasteiger partial charge on any atom is -0.481 e. The van der Waals surface area contributed by atoms with Gasteiger partial charge in [0.1, 0.15) is 0 Å². The lowest BCUT2D eigenvalue weighted by Gasteiger charge is -2.02. The summed E-state index contributed by atoms with van der Waals surface area (Å²) in [6.45, 7) is 0. The number of rotatable bonds is 3. The van der Waals surface area contributed by atoms with Crippen LogP contribution in [-0.4, -0.2) is 11.1 Å². The number of hydrogen-bond donors (Lipinski definition) is 1. The summed E-state index contributed by atoms with van der Waals surface area (Å²) in [5.74, 6) is -0.799. The topological polar surface area (TPSA) is 37.3 Å². The summed E-state index contributed by atoms with van der Waals surface area (Å²) < 4.78 is 0.901. The van der Waals surface area contributed by atoms with Gasteiger partial charge >= 0.3 is 5.97 Å². The van der Waals surface area contributed by atoms with Crippen LogP contribution in [0.4, 0.5) is 0 Å². The van der Waals surface area contributed by atoms with Crippen LogP contribution in [0, 0.1) is 0 Å². The standard InChI is InChI=1S/C9H8BrClO2/c10-8-3-2-7(11)5-6(8)1-4-9(12)13/h2-3,5H,1,4H2,(H,12,13). The number of carboxylic acids is 1. The first-order valence-electron chi connectivity index (χ1n) is 3.75. The van der Waals surface area contributed by atoms with E-state index in [9.17, 15) is 4.79 Å². The third-order valence-electron chi connectivity index (χ3n) is 1.62. The van der Waals surface area contributed by atoms with E-state index in [4.69, 9.17) is 16.7 Å². The largest absolute Gasteiger partial charge is 0.481 e. The Bertz CT molecular complexity index is 325. The second-order valence-corrected chi connectivity index (χ2v) is 3.92. The van der Waals surface area contributed by atoms with Crippen LogP contribution in [0.15, 0.2) is 22.7 Å². The molecule has 0 radical (unpaired) electrons. The minimum atomic E-state index is -0.799. The number of carboxylic acid groups (broad SMARTS) is 1. The Hall–Kier alpha value is -0.540. The third-order valence-corrected chi connectivity index (χ3v) is 2.62. The van der Waals surface area contributed by atoms with Crippen molar-refractivity contribution in [2.45, 2.75) is 12.8 Å². The van der Waals surface area contributed by atoms with E-state index in [1.807, 2.05) is 6.07 Å². The number of carbonyl (C=O) groups is 1. The summed E-state index contributed by atoms with van der Waals surface area (Å²) in [6, 6.07) is 5.35. The van der Waals surface area contributed by atoms with Crippen molar-refractivity contribution < 1.29 is 9.90 Å². The fourth-order valence-electron chi connectivity index (χ4n) is 0.976. The van der Waals surface area contributed by atoms with E-state index in [1.54, 1.807) is 12.1 Å². The van der Waals surface area contributed by atoms with E-state index in [1.165, 1.54) is 0 Å². The zero-order valence-corrected chi connectivity index (χ0v) is 9.10. The van der Waals surface area contributed by atoms with Gasteiger partial charge in [-0.25, -0.2) is 0 Å². The predicted octanol–water partition coefficient (Wildman–Crippen LogP) is 3.12. The van der Waals surface area contributed by atoms with Crippen molar-refractivity contribution in [3.63, 3.8) is 0 Å². The van der Waals surface area contributed by atoms with Crippen molar-refractivity contribution in [1.29, 1.82) is 0 Å². The number of hydrogen-bond acceptors (Lipinski definition) is 1. The van der Waals surface area contributed by atoms with Crippen molar-refractivity contribution in [2.24, 2.45) is 0 Å².